The predicted molar refractivity (Wildman–Crippen MR) is 91.7 cm³/mol. The van der Waals surface area contributed by atoms with E-state index in [1.165, 1.54) is 25.0 Å². The molecular weight excluding hydrogens is 258 g/mol. The lowest BCUT2D eigenvalue weighted by Crippen LogP contribution is -2.38. The van der Waals surface area contributed by atoms with Crippen LogP contribution in [-0.4, -0.2) is 22.4 Å². The van der Waals surface area contributed by atoms with Crippen LogP contribution in [0.5, 0.6) is 0 Å². The molecule has 0 aromatic carbocycles. The highest BCUT2D eigenvalue weighted by Gasteiger charge is 2.19. The maximum Gasteiger partial charge on any atom is 0.0640 e. The largest absolute Gasteiger partial charge is 0.313 e. The van der Waals surface area contributed by atoms with Crippen molar-refractivity contribution < 1.29 is 0 Å². The summed E-state index contributed by atoms with van der Waals surface area (Å²) in [6.07, 6.45) is 9.20. The highest BCUT2D eigenvalue weighted by Crippen LogP contribution is 2.19. The van der Waals surface area contributed by atoms with E-state index in [0.29, 0.717) is 12.1 Å². The van der Waals surface area contributed by atoms with E-state index < -0.39 is 0 Å². The van der Waals surface area contributed by atoms with Crippen LogP contribution in [0, 0.1) is 5.92 Å². The Morgan fingerprint density at radius 2 is 1.71 bits per heavy atom. The van der Waals surface area contributed by atoms with Gasteiger partial charge in [0.15, 0.2) is 0 Å². The minimum Gasteiger partial charge on any atom is -0.313 e. The van der Waals surface area contributed by atoms with Crippen LogP contribution in [0.3, 0.4) is 0 Å². The van der Waals surface area contributed by atoms with Crippen LogP contribution in [0.1, 0.15) is 78.5 Å². The molecule has 1 N–H and O–H groups in total. The zero-order valence-electron chi connectivity index (χ0n) is 14.7. The molecular formula is C18H35N3. The summed E-state index contributed by atoms with van der Waals surface area (Å²) >= 11 is 0. The van der Waals surface area contributed by atoms with Gasteiger partial charge in [0.05, 0.1) is 11.7 Å². The fraction of sp³-hybridized carbons (Fsp3) is 0.833. The molecule has 0 aliphatic heterocycles. The van der Waals surface area contributed by atoms with Crippen molar-refractivity contribution in [2.75, 3.05) is 6.54 Å². The predicted octanol–water partition coefficient (Wildman–Crippen LogP) is 4.59. The summed E-state index contributed by atoms with van der Waals surface area (Å²) in [5.74, 6) is 0.745. The van der Waals surface area contributed by atoms with E-state index in [9.17, 15) is 0 Å². The molecule has 1 heterocycles. The lowest BCUT2D eigenvalue weighted by atomic mass is 9.91. The smallest absolute Gasteiger partial charge is 0.0640 e. The summed E-state index contributed by atoms with van der Waals surface area (Å²) < 4.78 is 2.17. The van der Waals surface area contributed by atoms with Crippen molar-refractivity contribution >= 4 is 0 Å². The van der Waals surface area contributed by atoms with Gasteiger partial charge in [-0.2, -0.15) is 5.10 Å². The standard InChI is InChI=1S/C18H35N3/c1-6-12-19-18(15(7-2)8-3)14-16-11-13-21(20-16)17(9-4)10-5/h11,13,15,17-19H,6-10,12,14H2,1-5H3. The minimum absolute atomic E-state index is 0.550. The Balaban J connectivity index is 2.73. The van der Waals surface area contributed by atoms with Crippen molar-refractivity contribution in [3.8, 4) is 0 Å². The monoisotopic (exact) mass is 293 g/mol. The summed E-state index contributed by atoms with van der Waals surface area (Å²) in [6, 6.07) is 3.32. The van der Waals surface area contributed by atoms with Crippen LogP contribution in [0.4, 0.5) is 0 Å². The number of hydrogen-bond acceptors (Lipinski definition) is 2. The van der Waals surface area contributed by atoms with E-state index in [2.05, 4.69) is 56.9 Å². The lowest BCUT2D eigenvalue weighted by Gasteiger charge is -2.26. The molecule has 0 saturated heterocycles. The molecule has 0 fully saturated rings. The van der Waals surface area contributed by atoms with E-state index in [-0.39, 0.29) is 0 Å². The van der Waals surface area contributed by atoms with Gasteiger partial charge in [-0.1, -0.05) is 47.5 Å². The average molecular weight is 293 g/mol. The number of hydrogen-bond donors (Lipinski definition) is 1. The molecule has 1 aromatic rings. The zero-order chi connectivity index (χ0) is 15.7. The van der Waals surface area contributed by atoms with E-state index in [1.807, 2.05) is 0 Å². The van der Waals surface area contributed by atoms with Gasteiger partial charge in [0, 0.05) is 18.7 Å². The SMILES string of the molecule is CCCNC(Cc1ccn(C(CC)CC)n1)C(CC)CC. The maximum absolute atomic E-state index is 4.83. The molecule has 0 radical (unpaired) electrons. The molecule has 21 heavy (non-hydrogen) atoms. The van der Waals surface area contributed by atoms with Gasteiger partial charge in [-0.05, 0) is 37.8 Å². The topological polar surface area (TPSA) is 29.9 Å². The Hall–Kier alpha value is -0.830. The number of nitrogens with one attached hydrogen (secondary N) is 1. The second-order valence-corrected chi connectivity index (χ2v) is 6.10. The van der Waals surface area contributed by atoms with Gasteiger partial charge in [0.1, 0.15) is 0 Å². The summed E-state index contributed by atoms with van der Waals surface area (Å²) in [4.78, 5) is 0. The third-order valence-electron chi connectivity index (χ3n) is 4.68. The summed E-state index contributed by atoms with van der Waals surface area (Å²) in [7, 11) is 0. The third kappa shape index (κ3) is 5.46. The quantitative estimate of drug-likeness (QED) is 0.646. The fourth-order valence-corrected chi connectivity index (χ4v) is 3.17. The Morgan fingerprint density at radius 1 is 1.05 bits per heavy atom. The zero-order valence-corrected chi connectivity index (χ0v) is 14.7. The van der Waals surface area contributed by atoms with Crippen molar-refractivity contribution in [1.82, 2.24) is 15.1 Å². The first-order chi connectivity index (χ1) is 10.2. The first-order valence-corrected chi connectivity index (χ1v) is 8.97. The van der Waals surface area contributed by atoms with Crippen molar-refractivity contribution in [1.29, 1.82) is 0 Å². The van der Waals surface area contributed by atoms with Gasteiger partial charge in [-0.3, -0.25) is 4.68 Å². The molecule has 1 rings (SSSR count). The lowest BCUT2D eigenvalue weighted by molar-refractivity contribution is 0.328. The Labute approximate surface area is 131 Å². The number of nitrogens with zero attached hydrogens (tertiary/aromatic N) is 2. The van der Waals surface area contributed by atoms with Crippen molar-refractivity contribution in [2.45, 2.75) is 85.2 Å². The van der Waals surface area contributed by atoms with Crippen molar-refractivity contribution in [3.63, 3.8) is 0 Å². The highest BCUT2D eigenvalue weighted by atomic mass is 15.3. The molecule has 122 valence electrons. The first kappa shape index (κ1) is 18.2. The second kappa shape index (κ2) is 9.99. The van der Waals surface area contributed by atoms with Crippen LogP contribution < -0.4 is 5.32 Å². The molecule has 0 amide bonds. The molecule has 1 unspecified atom stereocenters. The van der Waals surface area contributed by atoms with E-state index in [4.69, 9.17) is 5.10 Å². The van der Waals surface area contributed by atoms with Crippen molar-refractivity contribution in [2.24, 2.45) is 5.92 Å². The molecule has 1 atom stereocenters. The summed E-state index contributed by atoms with van der Waals surface area (Å²) in [5, 5.41) is 8.56. The highest BCUT2D eigenvalue weighted by molar-refractivity contribution is 5.03. The van der Waals surface area contributed by atoms with E-state index in [0.717, 1.165) is 31.7 Å². The van der Waals surface area contributed by atoms with E-state index >= 15 is 0 Å². The first-order valence-electron chi connectivity index (χ1n) is 8.97. The van der Waals surface area contributed by atoms with E-state index in [1.54, 1.807) is 0 Å². The van der Waals surface area contributed by atoms with Crippen LogP contribution in [0.15, 0.2) is 12.3 Å². The van der Waals surface area contributed by atoms with Crippen LogP contribution in [0.2, 0.25) is 0 Å². The molecule has 0 bridgehead atoms. The molecule has 1 aromatic heterocycles. The van der Waals surface area contributed by atoms with Gasteiger partial charge in [0.25, 0.3) is 0 Å². The van der Waals surface area contributed by atoms with Crippen LogP contribution in [-0.2, 0) is 6.42 Å². The van der Waals surface area contributed by atoms with Gasteiger partial charge >= 0.3 is 0 Å². The second-order valence-electron chi connectivity index (χ2n) is 6.10. The Bertz CT molecular complexity index is 364. The van der Waals surface area contributed by atoms with Crippen LogP contribution in [0.25, 0.3) is 0 Å². The molecule has 0 saturated carbocycles. The molecule has 3 heteroatoms. The number of aromatic nitrogens is 2. The number of rotatable bonds is 11. The van der Waals surface area contributed by atoms with Gasteiger partial charge in [-0.15, -0.1) is 0 Å². The Kier molecular flexibility index (Phi) is 8.67. The van der Waals surface area contributed by atoms with Crippen LogP contribution >= 0.6 is 0 Å². The molecule has 0 aliphatic carbocycles. The molecule has 0 spiro atoms. The third-order valence-corrected chi connectivity index (χ3v) is 4.68. The van der Waals surface area contributed by atoms with Crippen molar-refractivity contribution in [3.05, 3.63) is 18.0 Å². The maximum atomic E-state index is 4.83. The fourth-order valence-electron chi connectivity index (χ4n) is 3.17. The summed E-state index contributed by atoms with van der Waals surface area (Å²) in [5.41, 5.74) is 1.24. The Morgan fingerprint density at radius 3 is 2.24 bits per heavy atom. The van der Waals surface area contributed by atoms with Gasteiger partial charge in [0.2, 0.25) is 0 Å². The minimum atomic E-state index is 0.550. The van der Waals surface area contributed by atoms with Gasteiger partial charge < -0.3 is 5.32 Å². The van der Waals surface area contributed by atoms with Gasteiger partial charge in [-0.25, -0.2) is 0 Å². The normalized spacial score (nSPS) is 13.3. The summed E-state index contributed by atoms with van der Waals surface area (Å²) in [6.45, 7) is 12.4. The molecule has 3 nitrogen and oxygen atoms in total. The molecule has 0 aliphatic rings. The average Bonchev–Trinajstić information content (AvgIpc) is 2.95.